The second-order valence-electron chi connectivity index (χ2n) is 5.76. The zero-order chi connectivity index (χ0) is 12.8. The second-order valence-corrected chi connectivity index (χ2v) is 5.76. The maximum atomic E-state index is 3.55. The maximum absolute atomic E-state index is 3.55. The average Bonchev–Trinajstić information content (AvgIpc) is 2.34. The lowest BCUT2D eigenvalue weighted by Gasteiger charge is -2.45. The lowest BCUT2D eigenvalue weighted by atomic mass is 9.88. The van der Waals surface area contributed by atoms with Crippen LogP contribution < -0.4 is 5.32 Å². The lowest BCUT2D eigenvalue weighted by Crippen LogP contribution is -2.55. The summed E-state index contributed by atoms with van der Waals surface area (Å²) in [5, 5.41) is 3.55. The van der Waals surface area contributed by atoms with Crippen LogP contribution in [-0.4, -0.2) is 36.6 Å². The summed E-state index contributed by atoms with van der Waals surface area (Å²) in [6.07, 6.45) is 6.63. The summed E-state index contributed by atoms with van der Waals surface area (Å²) in [6, 6.07) is 2.14. The van der Waals surface area contributed by atoms with Gasteiger partial charge in [0.25, 0.3) is 0 Å². The minimum absolute atomic E-state index is 0.665. The fourth-order valence-corrected chi connectivity index (χ4v) is 3.43. The number of hydrogen-bond donors (Lipinski definition) is 1. The Morgan fingerprint density at radius 1 is 1.29 bits per heavy atom. The Labute approximate surface area is 108 Å². The van der Waals surface area contributed by atoms with E-state index in [1.165, 1.54) is 38.6 Å². The molecule has 1 rings (SSSR count). The molecule has 1 saturated heterocycles. The summed E-state index contributed by atoms with van der Waals surface area (Å²) in [4.78, 5) is 2.77. The van der Waals surface area contributed by atoms with E-state index in [1.807, 2.05) is 0 Å². The van der Waals surface area contributed by atoms with E-state index in [0.717, 1.165) is 18.0 Å². The van der Waals surface area contributed by atoms with Gasteiger partial charge in [0.2, 0.25) is 0 Å². The summed E-state index contributed by atoms with van der Waals surface area (Å²) in [5.74, 6) is 0.858. The molecule has 1 N–H and O–H groups in total. The summed E-state index contributed by atoms with van der Waals surface area (Å²) in [7, 11) is 2.13. The molecule has 0 aromatic heterocycles. The van der Waals surface area contributed by atoms with E-state index in [4.69, 9.17) is 0 Å². The van der Waals surface area contributed by atoms with Crippen LogP contribution in [-0.2, 0) is 0 Å². The Kier molecular flexibility index (Phi) is 6.50. The van der Waals surface area contributed by atoms with Gasteiger partial charge in [-0.05, 0) is 52.1 Å². The van der Waals surface area contributed by atoms with Gasteiger partial charge in [0.15, 0.2) is 0 Å². The summed E-state index contributed by atoms with van der Waals surface area (Å²) >= 11 is 0. The molecule has 4 atom stereocenters. The van der Waals surface area contributed by atoms with E-state index >= 15 is 0 Å². The minimum atomic E-state index is 0.665. The highest BCUT2D eigenvalue weighted by Gasteiger charge is 2.32. The van der Waals surface area contributed by atoms with Crippen LogP contribution in [0.4, 0.5) is 0 Å². The van der Waals surface area contributed by atoms with Crippen LogP contribution in [0.25, 0.3) is 0 Å². The van der Waals surface area contributed by atoms with Gasteiger partial charge in [0, 0.05) is 18.1 Å². The van der Waals surface area contributed by atoms with Crippen molar-refractivity contribution in [3.05, 3.63) is 0 Å². The molecule has 2 heteroatoms. The zero-order valence-electron chi connectivity index (χ0n) is 12.5. The van der Waals surface area contributed by atoms with Crippen molar-refractivity contribution < 1.29 is 0 Å². The lowest BCUT2D eigenvalue weighted by molar-refractivity contribution is 0.0470. The normalized spacial score (nSPS) is 30.2. The average molecular weight is 240 g/mol. The number of piperidine rings is 1. The third-order valence-electron chi connectivity index (χ3n) is 4.70. The van der Waals surface area contributed by atoms with E-state index in [1.54, 1.807) is 0 Å². The van der Waals surface area contributed by atoms with Crippen LogP contribution in [0.5, 0.6) is 0 Å². The molecule has 4 unspecified atom stereocenters. The zero-order valence-corrected chi connectivity index (χ0v) is 12.5. The van der Waals surface area contributed by atoms with Crippen molar-refractivity contribution in [2.45, 2.75) is 77.9 Å². The first kappa shape index (κ1) is 15.0. The highest BCUT2D eigenvalue weighted by molar-refractivity contribution is 4.89. The molecule has 0 aromatic rings. The molecular weight excluding hydrogens is 208 g/mol. The third-order valence-corrected chi connectivity index (χ3v) is 4.70. The first-order chi connectivity index (χ1) is 8.15. The Balaban J connectivity index is 2.70. The van der Waals surface area contributed by atoms with Crippen molar-refractivity contribution in [1.82, 2.24) is 10.2 Å². The van der Waals surface area contributed by atoms with Crippen LogP contribution in [0.3, 0.4) is 0 Å². The first-order valence-corrected chi connectivity index (χ1v) is 7.58. The van der Waals surface area contributed by atoms with E-state index in [0.29, 0.717) is 6.04 Å². The predicted octanol–water partition coefficient (Wildman–Crippen LogP) is 3.27. The van der Waals surface area contributed by atoms with Crippen LogP contribution in [0, 0.1) is 5.92 Å². The van der Waals surface area contributed by atoms with Gasteiger partial charge < -0.3 is 5.32 Å². The molecule has 1 fully saturated rings. The van der Waals surface area contributed by atoms with Gasteiger partial charge in [-0.3, -0.25) is 4.90 Å². The molecule has 17 heavy (non-hydrogen) atoms. The van der Waals surface area contributed by atoms with Crippen molar-refractivity contribution >= 4 is 0 Å². The van der Waals surface area contributed by atoms with Crippen molar-refractivity contribution in [2.75, 3.05) is 13.6 Å². The van der Waals surface area contributed by atoms with Gasteiger partial charge >= 0.3 is 0 Å². The third kappa shape index (κ3) is 3.69. The van der Waals surface area contributed by atoms with Gasteiger partial charge in [-0.1, -0.05) is 27.2 Å². The molecule has 0 aliphatic carbocycles. The van der Waals surface area contributed by atoms with Gasteiger partial charge in [-0.15, -0.1) is 0 Å². The van der Waals surface area contributed by atoms with E-state index < -0.39 is 0 Å². The number of nitrogens with zero attached hydrogens (tertiary/aromatic N) is 1. The molecule has 2 nitrogen and oxygen atoms in total. The van der Waals surface area contributed by atoms with Crippen molar-refractivity contribution in [2.24, 2.45) is 5.92 Å². The van der Waals surface area contributed by atoms with Crippen molar-refractivity contribution in [1.29, 1.82) is 0 Å². The van der Waals surface area contributed by atoms with Gasteiger partial charge in [-0.25, -0.2) is 0 Å². The topological polar surface area (TPSA) is 15.3 Å². The SMILES string of the molecule is CCCC(NC)C(CC)N1CCCC(C)C1C. The smallest absolute Gasteiger partial charge is 0.0249 e. The number of nitrogens with one attached hydrogen (secondary N) is 1. The summed E-state index contributed by atoms with van der Waals surface area (Å²) in [5.41, 5.74) is 0. The number of likely N-dealkylation sites (N-methyl/N-ethyl adjacent to an activating group) is 1. The van der Waals surface area contributed by atoms with Gasteiger partial charge in [-0.2, -0.15) is 0 Å². The van der Waals surface area contributed by atoms with Crippen LogP contribution in [0.2, 0.25) is 0 Å². The van der Waals surface area contributed by atoms with Crippen molar-refractivity contribution in [3.63, 3.8) is 0 Å². The number of likely N-dealkylation sites (tertiary alicyclic amines) is 1. The molecule has 0 amide bonds. The number of rotatable bonds is 6. The highest BCUT2D eigenvalue weighted by Crippen LogP contribution is 2.27. The molecule has 0 aromatic carbocycles. The molecule has 1 aliphatic rings. The molecule has 102 valence electrons. The Morgan fingerprint density at radius 2 is 2.00 bits per heavy atom. The molecule has 0 bridgehead atoms. The fraction of sp³-hybridized carbons (Fsp3) is 1.00. The molecule has 0 spiro atoms. The molecule has 0 radical (unpaired) electrons. The molecule has 0 saturated carbocycles. The maximum Gasteiger partial charge on any atom is 0.0249 e. The Morgan fingerprint density at radius 3 is 2.53 bits per heavy atom. The fourth-order valence-electron chi connectivity index (χ4n) is 3.43. The van der Waals surface area contributed by atoms with E-state index in [-0.39, 0.29) is 0 Å². The second kappa shape index (κ2) is 7.38. The Bertz CT molecular complexity index is 205. The van der Waals surface area contributed by atoms with E-state index in [9.17, 15) is 0 Å². The van der Waals surface area contributed by atoms with Gasteiger partial charge in [0.1, 0.15) is 0 Å². The predicted molar refractivity (Wildman–Crippen MR) is 76.4 cm³/mol. The standard InChI is InChI=1S/C15H32N2/c1-6-9-14(16-5)15(7-2)17-11-8-10-12(3)13(17)4/h12-16H,6-11H2,1-5H3. The molecular formula is C15H32N2. The monoisotopic (exact) mass is 240 g/mol. The molecule has 1 heterocycles. The van der Waals surface area contributed by atoms with Crippen LogP contribution in [0.1, 0.15) is 59.8 Å². The quantitative estimate of drug-likeness (QED) is 0.766. The summed E-state index contributed by atoms with van der Waals surface area (Å²) in [6.45, 7) is 10.8. The minimum Gasteiger partial charge on any atom is -0.315 e. The van der Waals surface area contributed by atoms with Crippen LogP contribution >= 0.6 is 0 Å². The largest absolute Gasteiger partial charge is 0.315 e. The Hall–Kier alpha value is -0.0800. The summed E-state index contributed by atoms with van der Waals surface area (Å²) < 4.78 is 0. The van der Waals surface area contributed by atoms with Gasteiger partial charge in [0.05, 0.1) is 0 Å². The highest BCUT2D eigenvalue weighted by atomic mass is 15.2. The van der Waals surface area contributed by atoms with Crippen molar-refractivity contribution in [3.8, 4) is 0 Å². The van der Waals surface area contributed by atoms with E-state index in [2.05, 4.69) is 45.0 Å². The number of hydrogen-bond acceptors (Lipinski definition) is 2. The first-order valence-electron chi connectivity index (χ1n) is 7.58. The molecule has 1 aliphatic heterocycles. The van der Waals surface area contributed by atoms with Crippen LogP contribution in [0.15, 0.2) is 0 Å².